The lowest BCUT2D eigenvalue weighted by Crippen LogP contribution is -2.16. The lowest BCUT2D eigenvalue weighted by molar-refractivity contribution is 0.0760. The smallest absolute Gasteiger partial charge is 0.121 e. The second-order valence-corrected chi connectivity index (χ2v) is 4.95. The van der Waals surface area contributed by atoms with E-state index >= 15 is 0 Å². The van der Waals surface area contributed by atoms with E-state index < -0.39 is 0 Å². The minimum atomic E-state index is 0.248. The minimum Gasteiger partial charge on any atom is -0.508 e. The number of unbranched alkanes of at least 4 members (excludes halogenated alkanes) is 1. The molecule has 0 fully saturated rings. The summed E-state index contributed by atoms with van der Waals surface area (Å²) in [5, 5.41) is 13.5. The highest BCUT2D eigenvalue weighted by atomic mass is 35.5. The Labute approximate surface area is 114 Å². The summed E-state index contributed by atoms with van der Waals surface area (Å²) in [7, 11) is 0. The molecule has 4 heteroatoms. The summed E-state index contributed by atoms with van der Waals surface area (Å²) in [6.07, 6.45) is 2.40. The van der Waals surface area contributed by atoms with Gasteiger partial charge in [-0.1, -0.05) is 17.7 Å². The quantitative estimate of drug-likeness (QED) is 0.713. The Balaban J connectivity index is 2.14. The Bertz CT molecular complexity index is 335. The van der Waals surface area contributed by atoms with E-state index in [0.717, 1.165) is 31.6 Å². The molecular weight excluding hydrogens is 250 g/mol. The summed E-state index contributed by atoms with van der Waals surface area (Å²) in [6, 6.07) is 5.18. The molecule has 3 nitrogen and oxygen atoms in total. The van der Waals surface area contributed by atoms with Gasteiger partial charge < -0.3 is 15.2 Å². The van der Waals surface area contributed by atoms with Crippen molar-refractivity contribution >= 4 is 11.6 Å². The first-order valence-corrected chi connectivity index (χ1v) is 6.77. The van der Waals surface area contributed by atoms with Crippen molar-refractivity contribution in [2.24, 2.45) is 0 Å². The normalized spacial score (nSPS) is 11.1. The number of nitrogens with one attached hydrogen (secondary N) is 1. The summed E-state index contributed by atoms with van der Waals surface area (Å²) < 4.78 is 5.46. The Hall–Kier alpha value is -0.770. The molecule has 0 bridgehead atoms. The van der Waals surface area contributed by atoms with Crippen LogP contribution >= 0.6 is 11.6 Å². The maximum Gasteiger partial charge on any atom is 0.121 e. The summed E-state index contributed by atoms with van der Waals surface area (Å²) >= 11 is 6.01. The van der Waals surface area contributed by atoms with Crippen molar-refractivity contribution in [1.82, 2.24) is 5.32 Å². The van der Waals surface area contributed by atoms with E-state index in [2.05, 4.69) is 5.32 Å². The number of phenols is 1. The molecule has 18 heavy (non-hydrogen) atoms. The lowest BCUT2D eigenvalue weighted by atomic mass is 10.2. The summed E-state index contributed by atoms with van der Waals surface area (Å²) in [5.74, 6) is 0.248. The molecule has 1 rings (SSSR count). The van der Waals surface area contributed by atoms with Crippen LogP contribution in [0.4, 0.5) is 0 Å². The standard InChI is InChI=1S/C14H22ClNO2/c1-11(2)18-9-4-3-8-16-10-12-13(15)6-5-7-14(12)17/h5-7,11,16-17H,3-4,8-10H2,1-2H3. The maximum atomic E-state index is 9.65. The van der Waals surface area contributed by atoms with Crippen LogP contribution in [0.25, 0.3) is 0 Å². The van der Waals surface area contributed by atoms with Gasteiger partial charge in [0.05, 0.1) is 6.10 Å². The van der Waals surface area contributed by atoms with Gasteiger partial charge in [-0.05, 0) is 45.4 Å². The van der Waals surface area contributed by atoms with Crippen molar-refractivity contribution in [1.29, 1.82) is 0 Å². The number of rotatable bonds is 8. The van der Waals surface area contributed by atoms with Crippen LogP contribution in [-0.4, -0.2) is 24.4 Å². The number of halogens is 1. The zero-order chi connectivity index (χ0) is 13.4. The second kappa shape index (κ2) is 8.35. The maximum absolute atomic E-state index is 9.65. The molecule has 0 atom stereocenters. The highest BCUT2D eigenvalue weighted by molar-refractivity contribution is 6.31. The molecular formula is C14H22ClNO2. The molecule has 0 saturated heterocycles. The zero-order valence-corrected chi connectivity index (χ0v) is 11.8. The third kappa shape index (κ3) is 5.71. The van der Waals surface area contributed by atoms with E-state index in [1.54, 1.807) is 18.2 Å². The van der Waals surface area contributed by atoms with Gasteiger partial charge in [0.25, 0.3) is 0 Å². The van der Waals surface area contributed by atoms with E-state index in [1.807, 2.05) is 13.8 Å². The number of hydrogen-bond donors (Lipinski definition) is 2. The minimum absolute atomic E-state index is 0.248. The van der Waals surface area contributed by atoms with Gasteiger partial charge in [-0.3, -0.25) is 0 Å². The average Bonchev–Trinajstić information content (AvgIpc) is 2.30. The van der Waals surface area contributed by atoms with Gasteiger partial charge in [0.2, 0.25) is 0 Å². The zero-order valence-electron chi connectivity index (χ0n) is 11.1. The fourth-order valence-corrected chi connectivity index (χ4v) is 1.84. The summed E-state index contributed by atoms with van der Waals surface area (Å²) in [6.45, 7) is 6.37. The Morgan fingerprint density at radius 2 is 2.11 bits per heavy atom. The molecule has 1 aromatic carbocycles. The molecule has 0 spiro atoms. The first-order chi connectivity index (χ1) is 8.61. The van der Waals surface area contributed by atoms with E-state index in [9.17, 15) is 5.11 Å². The van der Waals surface area contributed by atoms with Gasteiger partial charge in [0.15, 0.2) is 0 Å². The number of ether oxygens (including phenoxy) is 1. The van der Waals surface area contributed by atoms with Crippen molar-refractivity contribution < 1.29 is 9.84 Å². The number of aromatic hydroxyl groups is 1. The van der Waals surface area contributed by atoms with E-state index in [4.69, 9.17) is 16.3 Å². The predicted octanol–water partition coefficient (Wildman–Crippen LogP) is 3.34. The van der Waals surface area contributed by atoms with Crippen molar-refractivity contribution in [2.75, 3.05) is 13.2 Å². The molecule has 0 radical (unpaired) electrons. The second-order valence-electron chi connectivity index (χ2n) is 4.54. The van der Waals surface area contributed by atoms with Gasteiger partial charge in [-0.25, -0.2) is 0 Å². The molecule has 102 valence electrons. The molecule has 2 N–H and O–H groups in total. The van der Waals surface area contributed by atoms with E-state index in [1.165, 1.54) is 0 Å². The van der Waals surface area contributed by atoms with Gasteiger partial charge in [0.1, 0.15) is 5.75 Å². The third-order valence-electron chi connectivity index (χ3n) is 2.59. The lowest BCUT2D eigenvalue weighted by Gasteiger charge is -2.09. The van der Waals surface area contributed by atoms with Crippen LogP contribution in [0, 0.1) is 0 Å². The monoisotopic (exact) mass is 271 g/mol. The molecule has 0 unspecified atom stereocenters. The molecule has 0 aliphatic carbocycles. The summed E-state index contributed by atoms with van der Waals surface area (Å²) in [5.41, 5.74) is 0.762. The van der Waals surface area contributed by atoms with Crippen LogP contribution in [0.5, 0.6) is 5.75 Å². The Morgan fingerprint density at radius 3 is 2.78 bits per heavy atom. The van der Waals surface area contributed by atoms with Crippen molar-refractivity contribution in [3.05, 3.63) is 28.8 Å². The molecule has 0 aromatic heterocycles. The van der Waals surface area contributed by atoms with Gasteiger partial charge in [-0.2, -0.15) is 0 Å². The SMILES string of the molecule is CC(C)OCCCCNCc1c(O)cccc1Cl. The number of phenolic OH excluding ortho intramolecular Hbond substituents is 1. The van der Waals surface area contributed by atoms with Crippen LogP contribution in [0.3, 0.4) is 0 Å². The third-order valence-corrected chi connectivity index (χ3v) is 2.95. The molecule has 0 aliphatic heterocycles. The fourth-order valence-electron chi connectivity index (χ4n) is 1.61. The van der Waals surface area contributed by atoms with Crippen LogP contribution < -0.4 is 5.32 Å². The van der Waals surface area contributed by atoms with Crippen molar-refractivity contribution in [3.63, 3.8) is 0 Å². The highest BCUT2D eigenvalue weighted by Gasteiger charge is 2.04. The molecule has 0 saturated carbocycles. The van der Waals surface area contributed by atoms with Crippen LogP contribution in [0.2, 0.25) is 5.02 Å². The van der Waals surface area contributed by atoms with Gasteiger partial charge in [-0.15, -0.1) is 0 Å². The first-order valence-electron chi connectivity index (χ1n) is 6.40. The first kappa shape index (κ1) is 15.3. The highest BCUT2D eigenvalue weighted by Crippen LogP contribution is 2.24. The number of benzene rings is 1. The largest absolute Gasteiger partial charge is 0.508 e. The molecule has 0 aliphatic rings. The number of hydrogen-bond acceptors (Lipinski definition) is 3. The Kier molecular flexibility index (Phi) is 7.09. The molecule has 0 amide bonds. The van der Waals surface area contributed by atoms with Crippen molar-refractivity contribution in [3.8, 4) is 5.75 Å². The van der Waals surface area contributed by atoms with Gasteiger partial charge >= 0.3 is 0 Å². The summed E-state index contributed by atoms with van der Waals surface area (Å²) in [4.78, 5) is 0. The topological polar surface area (TPSA) is 41.5 Å². The van der Waals surface area contributed by atoms with Crippen LogP contribution in [0.1, 0.15) is 32.3 Å². The van der Waals surface area contributed by atoms with Crippen molar-refractivity contribution in [2.45, 2.75) is 39.3 Å². The van der Waals surface area contributed by atoms with Crippen LogP contribution in [-0.2, 0) is 11.3 Å². The Morgan fingerprint density at radius 1 is 1.33 bits per heavy atom. The molecule has 0 heterocycles. The molecule has 1 aromatic rings. The van der Waals surface area contributed by atoms with E-state index in [-0.39, 0.29) is 5.75 Å². The van der Waals surface area contributed by atoms with Crippen LogP contribution in [0.15, 0.2) is 18.2 Å². The average molecular weight is 272 g/mol. The fraction of sp³-hybridized carbons (Fsp3) is 0.571. The predicted molar refractivity (Wildman–Crippen MR) is 75.1 cm³/mol. The van der Waals surface area contributed by atoms with E-state index in [0.29, 0.717) is 17.7 Å². The van der Waals surface area contributed by atoms with Gasteiger partial charge in [0, 0.05) is 23.7 Å².